The summed E-state index contributed by atoms with van der Waals surface area (Å²) < 4.78 is 0. The molecule has 2 fully saturated rings. The van der Waals surface area contributed by atoms with E-state index in [4.69, 9.17) is 0 Å². The van der Waals surface area contributed by atoms with Crippen LogP contribution in [0.15, 0.2) is 46.2 Å². The van der Waals surface area contributed by atoms with Gasteiger partial charge in [0.1, 0.15) is 0 Å². The van der Waals surface area contributed by atoms with Crippen molar-refractivity contribution < 1.29 is 79.2 Å². The van der Waals surface area contributed by atoms with E-state index < -0.39 is 134 Å². The molecular formula is C42H50N4O16. The number of aromatic nitrogens is 1. The number of aliphatic carboxylic acids is 8. The summed E-state index contributed by atoms with van der Waals surface area (Å²) in [5.41, 5.74) is -0.416. The Balaban J connectivity index is 1.94. The van der Waals surface area contributed by atoms with Crippen molar-refractivity contribution in [3.63, 3.8) is 0 Å². The molecule has 4 aliphatic heterocycles. The van der Waals surface area contributed by atoms with Crippen LogP contribution < -0.4 is 16.0 Å². The van der Waals surface area contributed by atoms with Gasteiger partial charge in [0.05, 0.1) is 31.7 Å². The van der Waals surface area contributed by atoms with Crippen molar-refractivity contribution >= 4 is 59.9 Å². The molecule has 1 aromatic heterocycles. The van der Waals surface area contributed by atoms with Crippen LogP contribution in [0.5, 0.6) is 0 Å². The molecule has 0 aromatic carbocycles. The van der Waals surface area contributed by atoms with Crippen molar-refractivity contribution in [3.05, 3.63) is 68.7 Å². The molecule has 0 spiro atoms. The number of hydrogen-bond acceptors (Lipinski definition) is 11. The van der Waals surface area contributed by atoms with Crippen molar-refractivity contribution in [2.24, 2.45) is 28.6 Å². The Labute approximate surface area is 353 Å². The molecule has 8 bridgehead atoms. The second-order valence-electron chi connectivity index (χ2n) is 16.6. The summed E-state index contributed by atoms with van der Waals surface area (Å²) in [6, 6.07) is -0.990. The molecule has 0 aliphatic carbocycles. The lowest BCUT2D eigenvalue weighted by Crippen LogP contribution is -2.38. The van der Waals surface area contributed by atoms with Crippen molar-refractivity contribution in [1.82, 2.24) is 20.9 Å². The largest absolute Gasteiger partial charge is 0.481 e. The molecule has 5 rings (SSSR count). The molecule has 20 nitrogen and oxygen atoms in total. The zero-order valence-electron chi connectivity index (χ0n) is 33.9. The smallest absolute Gasteiger partial charge is 0.307 e. The van der Waals surface area contributed by atoms with Crippen LogP contribution in [-0.2, 0) is 51.2 Å². The van der Waals surface area contributed by atoms with Gasteiger partial charge in [-0.15, -0.1) is 0 Å². The normalized spacial score (nSPS) is 28.4. The highest BCUT2D eigenvalue weighted by Crippen LogP contribution is 2.52. The van der Waals surface area contributed by atoms with Crippen LogP contribution in [0.3, 0.4) is 0 Å². The van der Waals surface area contributed by atoms with Gasteiger partial charge in [-0.1, -0.05) is 13.8 Å². The van der Waals surface area contributed by atoms with E-state index in [1.807, 2.05) is 0 Å². The molecule has 0 saturated carbocycles. The van der Waals surface area contributed by atoms with Crippen LogP contribution in [0.1, 0.15) is 101 Å². The van der Waals surface area contributed by atoms with Crippen LogP contribution >= 0.6 is 0 Å². The first-order chi connectivity index (χ1) is 29.0. The molecular weight excluding hydrogens is 816 g/mol. The van der Waals surface area contributed by atoms with Crippen molar-refractivity contribution in [3.8, 4) is 0 Å². The number of carboxylic acids is 8. The summed E-state index contributed by atoms with van der Waals surface area (Å²) in [5, 5.41) is 89.7. The minimum Gasteiger partial charge on any atom is -0.481 e. The van der Waals surface area contributed by atoms with E-state index in [0.717, 1.165) is 0 Å². The Bertz CT molecular complexity index is 2250. The van der Waals surface area contributed by atoms with Gasteiger partial charge in [-0.3, -0.25) is 38.4 Å². The molecule has 62 heavy (non-hydrogen) atoms. The standard InChI is InChI=1S/C42H50N4O16/c1-41(17-39(59)60)23(5-9-35(51)52)29-14-27-21(11-37(55)56)19(3-7-33(47)48)25(43-27)13-26-20(4-8-34(49)50)22(12-38(57)58)28(44-26)15-31-42(2,18-40(61)62)24(6-10-36(53)54)30(46-31)16-32(41)45-29/h13-16,20,22-23,31,43-46H,3-12,17-18H2,1-2H3,(H,47,48)(H,49,50)(H,51,52)(H,53,54)(H,55,56)(H,57,58)(H,59,60)(H,61,62)/b26-13+,28-15-,29-14-,32-16+/t20-,22+,23-,31?,41+,42+/m1/s1. The highest BCUT2D eigenvalue weighted by Gasteiger charge is 2.50. The molecule has 5 heterocycles. The Morgan fingerprint density at radius 2 is 1.13 bits per heavy atom. The van der Waals surface area contributed by atoms with Crippen LogP contribution in [0, 0.1) is 28.6 Å². The average Bonchev–Trinajstić information content (AvgIpc) is 3.77. The summed E-state index contributed by atoms with van der Waals surface area (Å²) in [7, 11) is 0. The maximum absolute atomic E-state index is 12.6. The van der Waals surface area contributed by atoms with Crippen LogP contribution in [-0.4, -0.2) is 99.6 Å². The van der Waals surface area contributed by atoms with Gasteiger partial charge in [-0.2, -0.15) is 0 Å². The Kier molecular flexibility index (Phi) is 13.7. The molecule has 4 aliphatic rings. The zero-order chi connectivity index (χ0) is 45.8. The summed E-state index contributed by atoms with van der Waals surface area (Å²) in [4.78, 5) is 101. The zero-order valence-corrected chi connectivity index (χ0v) is 33.9. The number of nitrogens with one attached hydrogen (secondary N) is 4. The third kappa shape index (κ3) is 10.2. The third-order valence-electron chi connectivity index (χ3n) is 12.4. The highest BCUT2D eigenvalue weighted by molar-refractivity contribution is 5.78. The number of carboxylic acid groups (broad SMARTS) is 8. The van der Waals surface area contributed by atoms with Crippen molar-refractivity contribution in [2.45, 2.75) is 96.9 Å². The fourth-order valence-electron chi connectivity index (χ4n) is 9.52. The number of hydrogen-bond donors (Lipinski definition) is 12. The molecule has 0 radical (unpaired) electrons. The molecule has 0 amide bonds. The van der Waals surface area contributed by atoms with Crippen molar-refractivity contribution in [1.29, 1.82) is 0 Å². The van der Waals surface area contributed by atoms with Crippen LogP contribution in [0.4, 0.5) is 0 Å². The topological polar surface area (TPSA) is 350 Å². The number of fused-ring (bicyclic) bond motifs is 8. The van der Waals surface area contributed by atoms with Gasteiger partial charge < -0.3 is 61.8 Å². The second-order valence-corrected chi connectivity index (χ2v) is 16.6. The monoisotopic (exact) mass is 866 g/mol. The van der Waals surface area contributed by atoms with Gasteiger partial charge in [0, 0.05) is 94.1 Å². The van der Waals surface area contributed by atoms with Gasteiger partial charge in [-0.25, -0.2) is 0 Å². The summed E-state index contributed by atoms with van der Waals surface area (Å²) in [6.07, 6.45) is 1.62. The van der Waals surface area contributed by atoms with E-state index in [-0.39, 0.29) is 71.0 Å². The molecule has 2 saturated heterocycles. The predicted molar refractivity (Wildman–Crippen MR) is 214 cm³/mol. The highest BCUT2D eigenvalue weighted by atomic mass is 16.4. The Morgan fingerprint density at radius 1 is 0.565 bits per heavy atom. The molecule has 6 atom stereocenters. The third-order valence-corrected chi connectivity index (χ3v) is 12.4. The van der Waals surface area contributed by atoms with Gasteiger partial charge in [0.2, 0.25) is 0 Å². The van der Waals surface area contributed by atoms with Crippen molar-refractivity contribution in [2.75, 3.05) is 0 Å². The lowest BCUT2D eigenvalue weighted by Gasteiger charge is -2.32. The Morgan fingerprint density at radius 3 is 1.71 bits per heavy atom. The van der Waals surface area contributed by atoms with E-state index in [9.17, 15) is 79.2 Å². The number of aromatic amines is 1. The fourth-order valence-corrected chi connectivity index (χ4v) is 9.52. The van der Waals surface area contributed by atoms with E-state index in [2.05, 4.69) is 20.9 Å². The van der Waals surface area contributed by atoms with Gasteiger partial charge in [0.25, 0.3) is 0 Å². The summed E-state index contributed by atoms with van der Waals surface area (Å²) in [6.45, 7) is 3.20. The quantitative estimate of drug-likeness (QED) is 0.0893. The van der Waals surface area contributed by atoms with Gasteiger partial charge >= 0.3 is 47.8 Å². The van der Waals surface area contributed by atoms with Gasteiger partial charge in [0.15, 0.2) is 0 Å². The second kappa shape index (κ2) is 18.4. The summed E-state index contributed by atoms with van der Waals surface area (Å²) >= 11 is 0. The minimum atomic E-state index is -1.41. The predicted octanol–water partition coefficient (Wildman–Crippen LogP) is 3.43. The fraction of sp³-hybridized carbons (Fsp3) is 0.476. The molecule has 1 aromatic rings. The van der Waals surface area contributed by atoms with E-state index in [1.54, 1.807) is 19.9 Å². The number of H-pyrrole nitrogens is 1. The average molecular weight is 867 g/mol. The summed E-state index contributed by atoms with van der Waals surface area (Å²) in [5.74, 6) is -12.5. The number of rotatable bonds is 20. The first-order valence-electron chi connectivity index (χ1n) is 19.9. The van der Waals surface area contributed by atoms with Gasteiger partial charge in [-0.05, 0) is 66.7 Å². The first kappa shape index (κ1) is 46.2. The molecule has 1 unspecified atom stereocenters. The maximum atomic E-state index is 12.6. The molecule has 334 valence electrons. The van der Waals surface area contributed by atoms with Crippen LogP contribution in [0.2, 0.25) is 0 Å². The number of carbonyl (C=O) groups is 8. The lowest BCUT2D eigenvalue weighted by atomic mass is 9.71. The Hall–Kier alpha value is -6.86. The molecule has 20 heteroatoms. The van der Waals surface area contributed by atoms with E-state index in [0.29, 0.717) is 11.3 Å². The number of allylic oxidation sites excluding steroid dienone is 5. The SMILES string of the molecule is C[C@]1(CC(=O)O)C(CCC(=O)O)=C2/C=C3/N/C(=C\c4[nH]c(c(CCC(=O)O)c4CC(=O)O)/C=C4/N/C(=C\C1N2)[C@@H](CC(=O)O)[C@H]4CCC(=O)O)[C@@H](CCC(=O)O)[C@]3(C)CC(=O)O. The van der Waals surface area contributed by atoms with E-state index >= 15 is 0 Å². The first-order valence-corrected chi connectivity index (χ1v) is 19.9. The van der Waals surface area contributed by atoms with Crippen LogP contribution in [0.25, 0.3) is 12.2 Å². The maximum Gasteiger partial charge on any atom is 0.307 e. The molecule has 12 N–H and O–H groups in total. The van der Waals surface area contributed by atoms with E-state index in [1.165, 1.54) is 18.2 Å². The minimum absolute atomic E-state index is 0.0885. The lowest BCUT2D eigenvalue weighted by molar-refractivity contribution is -0.140.